The molecule has 1 radical (unpaired) electrons. The minimum absolute atomic E-state index is 0.648. The van der Waals surface area contributed by atoms with Gasteiger partial charge < -0.3 is 9.84 Å². The molecule has 0 aliphatic rings. The smallest absolute Gasteiger partial charge is 0.131 e. The number of ether oxygens (including phenoxy) is 1. The van der Waals surface area contributed by atoms with E-state index in [0.717, 1.165) is 12.2 Å². The summed E-state index contributed by atoms with van der Waals surface area (Å²) < 4.78 is 5.10. The van der Waals surface area contributed by atoms with E-state index >= 15 is 0 Å². The Morgan fingerprint density at radius 1 is 1.42 bits per heavy atom. The molecule has 0 saturated heterocycles. The lowest BCUT2D eigenvalue weighted by molar-refractivity contribution is 0.383. The molecule has 0 heterocycles. The van der Waals surface area contributed by atoms with E-state index in [-0.39, 0.29) is 0 Å². The second-order valence-corrected chi connectivity index (χ2v) is 2.30. The standard InChI is InChI=1S/C10H11O2/c1-3-8-5-4-6-9(7-11)10(8)12-2/h3-7,11H,1H2,2H3. The van der Waals surface area contributed by atoms with Crippen molar-refractivity contribution < 1.29 is 9.84 Å². The lowest BCUT2D eigenvalue weighted by atomic mass is 10.1. The van der Waals surface area contributed by atoms with Gasteiger partial charge in [-0.15, -0.1) is 0 Å². The molecular formula is C10H11O2. The van der Waals surface area contributed by atoms with Gasteiger partial charge in [0.1, 0.15) is 12.4 Å². The Hall–Kier alpha value is -1.28. The fourth-order valence-corrected chi connectivity index (χ4v) is 1.07. The van der Waals surface area contributed by atoms with Gasteiger partial charge in [0.2, 0.25) is 0 Å². The van der Waals surface area contributed by atoms with Gasteiger partial charge in [-0.2, -0.15) is 0 Å². The van der Waals surface area contributed by atoms with Crippen LogP contribution in [0.1, 0.15) is 11.1 Å². The Kier molecular flexibility index (Phi) is 2.88. The van der Waals surface area contributed by atoms with Crippen LogP contribution in [0.5, 0.6) is 5.75 Å². The van der Waals surface area contributed by atoms with E-state index in [4.69, 9.17) is 9.84 Å². The number of para-hydroxylation sites is 1. The molecule has 1 aromatic rings. The maximum atomic E-state index is 8.83. The van der Waals surface area contributed by atoms with Crippen molar-refractivity contribution in [2.24, 2.45) is 0 Å². The van der Waals surface area contributed by atoms with Gasteiger partial charge in [0, 0.05) is 11.1 Å². The number of hydrogen-bond acceptors (Lipinski definition) is 2. The van der Waals surface area contributed by atoms with Crippen LogP contribution in [-0.4, -0.2) is 12.2 Å². The summed E-state index contributed by atoms with van der Waals surface area (Å²) in [5.41, 5.74) is 1.54. The van der Waals surface area contributed by atoms with Gasteiger partial charge in [-0.05, 0) is 0 Å². The highest BCUT2D eigenvalue weighted by molar-refractivity contribution is 5.59. The Balaban J connectivity index is 3.21. The molecule has 63 valence electrons. The van der Waals surface area contributed by atoms with Crippen molar-refractivity contribution in [1.82, 2.24) is 0 Å². The van der Waals surface area contributed by atoms with E-state index < -0.39 is 0 Å². The van der Waals surface area contributed by atoms with Crippen molar-refractivity contribution in [2.75, 3.05) is 7.11 Å². The summed E-state index contributed by atoms with van der Waals surface area (Å²) in [6.45, 7) is 4.66. The van der Waals surface area contributed by atoms with Gasteiger partial charge in [0.05, 0.1) is 7.11 Å². The molecule has 0 fully saturated rings. The molecule has 0 aliphatic heterocycles. The monoisotopic (exact) mass is 163 g/mol. The lowest BCUT2D eigenvalue weighted by Crippen LogP contribution is -1.92. The van der Waals surface area contributed by atoms with Gasteiger partial charge in [-0.25, -0.2) is 0 Å². The number of hydrogen-bond donors (Lipinski definition) is 1. The zero-order valence-corrected chi connectivity index (χ0v) is 6.95. The molecule has 0 atom stereocenters. The molecule has 0 saturated carbocycles. The highest BCUT2D eigenvalue weighted by atomic mass is 16.5. The first-order valence-corrected chi connectivity index (χ1v) is 3.60. The van der Waals surface area contributed by atoms with Crippen LogP contribution >= 0.6 is 0 Å². The molecule has 1 N–H and O–H groups in total. The van der Waals surface area contributed by atoms with E-state index in [2.05, 4.69) is 6.58 Å². The van der Waals surface area contributed by atoms with Crippen LogP contribution in [0.3, 0.4) is 0 Å². The number of aliphatic hydroxyl groups excluding tert-OH is 1. The van der Waals surface area contributed by atoms with Gasteiger partial charge in [-0.3, -0.25) is 0 Å². The van der Waals surface area contributed by atoms with Crippen LogP contribution < -0.4 is 4.74 Å². The highest BCUT2D eigenvalue weighted by Gasteiger charge is 2.04. The van der Waals surface area contributed by atoms with Crippen LogP contribution in [-0.2, 0) is 0 Å². The molecule has 2 nitrogen and oxygen atoms in total. The first-order valence-electron chi connectivity index (χ1n) is 3.60. The second kappa shape index (κ2) is 3.93. The number of benzene rings is 1. The van der Waals surface area contributed by atoms with Crippen molar-refractivity contribution in [3.05, 3.63) is 42.5 Å². The first kappa shape index (κ1) is 8.81. The van der Waals surface area contributed by atoms with Crippen LogP contribution in [0.15, 0.2) is 24.8 Å². The zero-order chi connectivity index (χ0) is 8.97. The first-order chi connectivity index (χ1) is 5.83. The molecule has 2 heteroatoms. The third kappa shape index (κ3) is 1.48. The fraction of sp³-hybridized carbons (Fsp3) is 0.100. The molecule has 12 heavy (non-hydrogen) atoms. The maximum absolute atomic E-state index is 8.83. The van der Waals surface area contributed by atoms with Crippen molar-refractivity contribution in [1.29, 1.82) is 0 Å². The largest absolute Gasteiger partial charge is 0.496 e. The lowest BCUT2D eigenvalue weighted by Gasteiger charge is -2.08. The molecule has 0 aromatic heterocycles. The average Bonchev–Trinajstić information content (AvgIpc) is 2.16. The van der Waals surface area contributed by atoms with Crippen molar-refractivity contribution >= 4 is 6.08 Å². The van der Waals surface area contributed by atoms with Crippen molar-refractivity contribution in [2.45, 2.75) is 0 Å². The summed E-state index contributed by atoms with van der Waals surface area (Å²) in [5.74, 6) is 0.648. The Morgan fingerprint density at radius 3 is 2.58 bits per heavy atom. The summed E-state index contributed by atoms with van der Waals surface area (Å²) >= 11 is 0. The molecule has 0 aliphatic carbocycles. The average molecular weight is 163 g/mol. The van der Waals surface area contributed by atoms with Crippen LogP contribution in [0.25, 0.3) is 6.08 Å². The van der Waals surface area contributed by atoms with Crippen LogP contribution in [0, 0.1) is 6.61 Å². The van der Waals surface area contributed by atoms with Crippen LogP contribution in [0.2, 0.25) is 0 Å². The topological polar surface area (TPSA) is 29.5 Å². The Labute approximate surface area is 72.1 Å². The summed E-state index contributed by atoms with van der Waals surface area (Å²) in [4.78, 5) is 0. The number of rotatable bonds is 3. The third-order valence-electron chi connectivity index (χ3n) is 1.64. The van der Waals surface area contributed by atoms with Gasteiger partial charge in [0.25, 0.3) is 0 Å². The Bertz CT molecular complexity index is 279. The Morgan fingerprint density at radius 2 is 2.08 bits per heavy atom. The number of aliphatic hydroxyl groups is 1. The molecule has 1 aromatic carbocycles. The third-order valence-corrected chi connectivity index (χ3v) is 1.64. The molecular weight excluding hydrogens is 152 g/mol. The normalized spacial score (nSPS) is 9.50. The molecule has 0 amide bonds. The predicted octanol–water partition coefficient (Wildman–Crippen LogP) is 2.22. The second-order valence-electron chi connectivity index (χ2n) is 2.30. The fourth-order valence-electron chi connectivity index (χ4n) is 1.07. The molecule has 0 spiro atoms. The van der Waals surface area contributed by atoms with Gasteiger partial charge in [-0.1, -0.05) is 30.9 Å². The quantitative estimate of drug-likeness (QED) is 0.740. The van der Waals surface area contributed by atoms with Gasteiger partial charge in [0.15, 0.2) is 0 Å². The van der Waals surface area contributed by atoms with Crippen molar-refractivity contribution in [3.8, 4) is 5.75 Å². The summed E-state index contributed by atoms with van der Waals surface area (Å²) in [6.07, 6.45) is 1.69. The van der Waals surface area contributed by atoms with Crippen LogP contribution in [0.4, 0.5) is 0 Å². The van der Waals surface area contributed by atoms with E-state index in [1.807, 2.05) is 12.1 Å². The molecule has 0 bridgehead atoms. The summed E-state index contributed by atoms with van der Waals surface area (Å²) in [5, 5.41) is 8.83. The SMILES string of the molecule is C=Cc1cccc([CH]O)c1OC. The van der Waals surface area contributed by atoms with E-state index in [1.54, 1.807) is 19.3 Å². The van der Waals surface area contributed by atoms with Gasteiger partial charge >= 0.3 is 0 Å². The van der Waals surface area contributed by atoms with E-state index in [9.17, 15) is 0 Å². The summed E-state index contributed by atoms with van der Waals surface area (Å²) in [7, 11) is 1.56. The minimum Gasteiger partial charge on any atom is -0.496 e. The highest BCUT2D eigenvalue weighted by Crippen LogP contribution is 2.24. The molecule has 1 rings (SSSR count). The zero-order valence-electron chi connectivity index (χ0n) is 6.95. The van der Waals surface area contributed by atoms with Crippen molar-refractivity contribution in [3.63, 3.8) is 0 Å². The molecule has 0 unspecified atom stereocenters. The van der Waals surface area contributed by atoms with E-state index in [1.165, 1.54) is 0 Å². The summed E-state index contributed by atoms with van der Waals surface area (Å²) in [6, 6.07) is 5.48. The maximum Gasteiger partial charge on any atom is 0.131 e. The minimum atomic E-state index is 0.648. The number of methoxy groups -OCH3 is 1. The predicted molar refractivity (Wildman–Crippen MR) is 48.4 cm³/mol. The van der Waals surface area contributed by atoms with E-state index in [0.29, 0.717) is 11.3 Å².